The molecule has 0 aliphatic carbocycles. The number of imidazole rings is 1. The number of carbonyl (C=O) groups excluding carboxylic acids is 1. The third kappa shape index (κ3) is 1.96. The third-order valence-electron chi connectivity index (χ3n) is 3.95. The Bertz CT molecular complexity index is 661. The molecule has 1 aromatic carbocycles. The van der Waals surface area contributed by atoms with Gasteiger partial charge in [0.25, 0.3) is 0 Å². The normalized spacial score (nSPS) is 17.2. The molecule has 1 aliphatic heterocycles. The van der Waals surface area contributed by atoms with E-state index in [0.717, 1.165) is 0 Å². The van der Waals surface area contributed by atoms with Gasteiger partial charge in [-0.1, -0.05) is 13.8 Å². The molecule has 2 N–H and O–H groups in total. The van der Waals surface area contributed by atoms with Crippen molar-refractivity contribution in [1.29, 1.82) is 0 Å². The Labute approximate surface area is 115 Å². The first-order chi connectivity index (χ1) is 9.51. The maximum Gasteiger partial charge on any atom is 0.237 e. The van der Waals surface area contributed by atoms with E-state index in [1.807, 2.05) is 13.8 Å². The summed E-state index contributed by atoms with van der Waals surface area (Å²) in [6.07, 6.45) is 0. The zero-order chi connectivity index (χ0) is 14.3. The van der Waals surface area contributed by atoms with Gasteiger partial charge in [0.15, 0.2) is 0 Å². The highest BCUT2D eigenvalue weighted by Crippen LogP contribution is 2.36. The molecule has 1 aliphatic rings. The Morgan fingerprint density at radius 3 is 2.85 bits per heavy atom. The van der Waals surface area contributed by atoms with Crippen molar-refractivity contribution in [3.05, 3.63) is 24.0 Å². The molecule has 0 radical (unpaired) electrons. The van der Waals surface area contributed by atoms with Crippen molar-refractivity contribution >= 4 is 22.9 Å². The summed E-state index contributed by atoms with van der Waals surface area (Å²) in [7, 11) is 0. The van der Waals surface area contributed by atoms with E-state index >= 15 is 0 Å². The van der Waals surface area contributed by atoms with E-state index in [1.54, 1.807) is 6.07 Å². The Hall–Kier alpha value is -1.95. The Balaban J connectivity index is 1.84. The van der Waals surface area contributed by atoms with Gasteiger partial charge >= 0.3 is 0 Å². The second kappa shape index (κ2) is 4.56. The van der Waals surface area contributed by atoms with Crippen LogP contribution in [0.1, 0.15) is 13.8 Å². The van der Waals surface area contributed by atoms with Gasteiger partial charge in [-0.3, -0.25) is 10.1 Å². The number of nitrogens with one attached hydrogen (secondary N) is 2. The highest BCUT2D eigenvalue weighted by molar-refractivity contribution is 5.96. The fraction of sp³-hybridized carbons (Fsp3) is 0.429. The maximum atomic E-state index is 13.1. The second-order valence-electron chi connectivity index (χ2n) is 5.50. The Kier molecular flexibility index (Phi) is 2.97. The first-order valence-corrected chi connectivity index (χ1v) is 6.56. The number of nitrogens with zero attached hydrogens (tertiary/aromatic N) is 1. The van der Waals surface area contributed by atoms with Crippen LogP contribution in [0, 0.1) is 17.2 Å². The number of anilines is 1. The lowest BCUT2D eigenvalue weighted by Crippen LogP contribution is -2.55. The predicted octanol–water partition coefficient (Wildman–Crippen LogP) is 2.31. The third-order valence-corrected chi connectivity index (χ3v) is 3.95. The second-order valence-corrected chi connectivity index (χ2v) is 5.50. The molecule has 1 fully saturated rings. The topological polar surface area (TPSA) is 67.0 Å². The highest BCUT2D eigenvalue weighted by atomic mass is 19.1. The predicted molar refractivity (Wildman–Crippen MR) is 72.8 cm³/mol. The van der Waals surface area contributed by atoms with Gasteiger partial charge < -0.3 is 9.72 Å². The summed E-state index contributed by atoms with van der Waals surface area (Å²) >= 11 is 0. The minimum atomic E-state index is -0.496. The lowest BCUT2D eigenvalue weighted by molar-refractivity contribution is -0.166. The van der Waals surface area contributed by atoms with Gasteiger partial charge in [-0.2, -0.15) is 0 Å². The van der Waals surface area contributed by atoms with Crippen molar-refractivity contribution in [2.24, 2.45) is 11.3 Å². The first-order valence-electron chi connectivity index (χ1n) is 6.56. The molecule has 0 unspecified atom stereocenters. The van der Waals surface area contributed by atoms with E-state index in [9.17, 15) is 9.18 Å². The zero-order valence-electron chi connectivity index (χ0n) is 11.4. The fourth-order valence-electron chi connectivity index (χ4n) is 2.32. The SMILES string of the molecule is CC(C)C1(C(=O)Nc2nc3ccc(F)cc3[nH]2)COC1. The molecule has 106 valence electrons. The van der Waals surface area contributed by atoms with Crippen molar-refractivity contribution < 1.29 is 13.9 Å². The number of amides is 1. The fourth-order valence-corrected chi connectivity index (χ4v) is 2.32. The van der Waals surface area contributed by atoms with Crippen molar-refractivity contribution in [3.8, 4) is 0 Å². The summed E-state index contributed by atoms with van der Waals surface area (Å²) in [6, 6.07) is 4.26. The summed E-state index contributed by atoms with van der Waals surface area (Å²) in [5.74, 6) is 0.0592. The van der Waals surface area contributed by atoms with E-state index in [2.05, 4.69) is 15.3 Å². The summed E-state index contributed by atoms with van der Waals surface area (Å²) in [5, 5.41) is 2.77. The van der Waals surface area contributed by atoms with Gasteiger partial charge in [-0.05, 0) is 24.1 Å². The molecule has 0 spiro atoms. The number of carbonyl (C=O) groups is 1. The molecule has 1 saturated heterocycles. The number of aromatic amines is 1. The molecule has 1 aromatic heterocycles. The monoisotopic (exact) mass is 277 g/mol. The lowest BCUT2D eigenvalue weighted by Gasteiger charge is -2.42. The molecule has 2 aromatic rings. The van der Waals surface area contributed by atoms with Crippen LogP contribution >= 0.6 is 0 Å². The largest absolute Gasteiger partial charge is 0.379 e. The van der Waals surface area contributed by atoms with Gasteiger partial charge in [0.05, 0.1) is 29.7 Å². The summed E-state index contributed by atoms with van der Waals surface area (Å²) in [6.45, 7) is 4.84. The molecule has 6 heteroatoms. The van der Waals surface area contributed by atoms with Crippen LogP contribution in [0.5, 0.6) is 0 Å². The van der Waals surface area contributed by atoms with Crippen LogP contribution in [0.4, 0.5) is 10.3 Å². The first kappa shape index (κ1) is 13.1. The molecular formula is C14H16FN3O2. The highest BCUT2D eigenvalue weighted by Gasteiger charge is 2.48. The number of halogens is 1. The van der Waals surface area contributed by atoms with Gasteiger partial charge in [0, 0.05) is 0 Å². The minimum absolute atomic E-state index is 0.113. The Morgan fingerprint density at radius 2 is 2.25 bits per heavy atom. The molecule has 5 nitrogen and oxygen atoms in total. The van der Waals surface area contributed by atoms with Gasteiger partial charge in [-0.25, -0.2) is 9.37 Å². The molecular weight excluding hydrogens is 261 g/mol. The van der Waals surface area contributed by atoms with E-state index in [1.165, 1.54) is 12.1 Å². The number of benzene rings is 1. The van der Waals surface area contributed by atoms with Crippen LogP contribution < -0.4 is 5.32 Å². The number of ether oxygens (including phenoxy) is 1. The number of aromatic nitrogens is 2. The molecule has 20 heavy (non-hydrogen) atoms. The van der Waals surface area contributed by atoms with Crippen LogP contribution in [-0.4, -0.2) is 29.1 Å². The van der Waals surface area contributed by atoms with Gasteiger partial charge in [-0.15, -0.1) is 0 Å². The van der Waals surface area contributed by atoms with Gasteiger partial charge in [0.2, 0.25) is 11.9 Å². The Morgan fingerprint density at radius 1 is 1.50 bits per heavy atom. The van der Waals surface area contributed by atoms with Crippen LogP contribution in [0.2, 0.25) is 0 Å². The molecule has 2 heterocycles. The number of hydrogen-bond acceptors (Lipinski definition) is 3. The molecule has 1 amide bonds. The smallest absolute Gasteiger partial charge is 0.237 e. The van der Waals surface area contributed by atoms with Gasteiger partial charge in [0.1, 0.15) is 5.82 Å². The standard InChI is InChI=1S/C14H16FN3O2/c1-8(2)14(6-20-7-14)12(19)18-13-16-10-4-3-9(15)5-11(10)17-13/h3-5,8H,6-7H2,1-2H3,(H2,16,17,18,19). The van der Waals surface area contributed by atoms with E-state index < -0.39 is 5.41 Å². The van der Waals surface area contributed by atoms with Crippen LogP contribution in [0.25, 0.3) is 11.0 Å². The van der Waals surface area contributed by atoms with E-state index in [4.69, 9.17) is 4.74 Å². The summed E-state index contributed by atoms with van der Waals surface area (Å²) in [5.41, 5.74) is 0.679. The summed E-state index contributed by atoms with van der Waals surface area (Å²) in [4.78, 5) is 19.5. The average molecular weight is 277 g/mol. The molecule has 0 saturated carbocycles. The van der Waals surface area contributed by atoms with Crippen molar-refractivity contribution in [3.63, 3.8) is 0 Å². The molecule has 0 atom stereocenters. The average Bonchev–Trinajstić information content (AvgIpc) is 2.67. The molecule has 3 rings (SSSR count). The minimum Gasteiger partial charge on any atom is -0.379 e. The van der Waals surface area contributed by atoms with Crippen LogP contribution in [0.3, 0.4) is 0 Å². The maximum absolute atomic E-state index is 13.1. The van der Waals surface area contributed by atoms with Crippen molar-refractivity contribution in [2.75, 3.05) is 18.5 Å². The lowest BCUT2D eigenvalue weighted by atomic mass is 9.74. The number of H-pyrrole nitrogens is 1. The van der Waals surface area contributed by atoms with E-state index in [0.29, 0.717) is 30.2 Å². The number of fused-ring (bicyclic) bond motifs is 1. The van der Waals surface area contributed by atoms with Crippen LogP contribution in [-0.2, 0) is 9.53 Å². The van der Waals surface area contributed by atoms with Crippen LogP contribution in [0.15, 0.2) is 18.2 Å². The van der Waals surface area contributed by atoms with Crippen molar-refractivity contribution in [1.82, 2.24) is 9.97 Å². The summed E-state index contributed by atoms with van der Waals surface area (Å²) < 4.78 is 18.3. The number of rotatable bonds is 3. The zero-order valence-corrected chi connectivity index (χ0v) is 11.4. The van der Waals surface area contributed by atoms with E-state index in [-0.39, 0.29) is 17.6 Å². The number of hydrogen-bond donors (Lipinski definition) is 2. The quantitative estimate of drug-likeness (QED) is 0.904. The molecule has 0 bridgehead atoms. The van der Waals surface area contributed by atoms with Crippen molar-refractivity contribution in [2.45, 2.75) is 13.8 Å².